The maximum atomic E-state index is 9.72. The van der Waals surface area contributed by atoms with Gasteiger partial charge in [-0.1, -0.05) is 11.8 Å². The van der Waals surface area contributed by atoms with Crippen LogP contribution < -0.4 is 0 Å². The van der Waals surface area contributed by atoms with Crippen LogP contribution in [0.15, 0.2) is 43.0 Å². The molecular weight excluding hydrogens is 392 g/mol. The lowest BCUT2D eigenvalue weighted by Crippen LogP contribution is -1.82. The fraction of sp³-hybridized carbons (Fsp3) is 0.143. The van der Waals surface area contributed by atoms with Crippen molar-refractivity contribution in [3.63, 3.8) is 0 Å². The summed E-state index contributed by atoms with van der Waals surface area (Å²) in [7, 11) is 0. The Balaban J connectivity index is 2.36. The first-order valence-electron chi connectivity index (χ1n) is 5.54. The summed E-state index contributed by atoms with van der Waals surface area (Å²) in [5, 5.41) is 19.4. The number of benzene rings is 2. The highest BCUT2D eigenvalue weighted by molar-refractivity contribution is 9.10. The predicted molar refractivity (Wildman–Crippen MR) is 85.2 cm³/mol. The van der Waals surface area contributed by atoms with Crippen molar-refractivity contribution in [3.05, 3.63) is 44.3 Å². The van der Waals surface area contributed by atoms with E-state index in [0.29, 0.717) is 8.95 Å². The average molecular weight is 404 g/mol. The zero-order valence-electron chi connectivity index (χ0n) is 10.4. The van der Waals surface area contributed by atoms with Gasteiger partial charge in [-0.3, -0.25) is 0 Å². The Labute approximate surface area is 133 Å². The molecule has 0 heterocycles. The second kappa shape index (κ2) is 5.77. The molecule has 0 aliphatic carbocycles. The Hall–Kier alpha value is -0.650. The van der Waals surface area contributed by atoms with Crippen molar-refractivity contribution in [2.45, 2.75) is 23.6 Å². The van der Waals surface area contributed by atoms with E-state index in [9.17, 15) is 10.2 Å². The predicted octanol–water partition coefficient (Wildman–Crippen LogP) is 5.39. The third kappa shape index (κ3) is 3.27. The van der Waals surface area contributed by atoms with Gasteiger partial charge in [-0.25, -0.2) is 0 Å². The Bertz CT molecular complexity index is 540. The van der Waals surface area contributed by atoms with Crippen LogP contribution in [0.3, 0.4) is 0 Å². The average Bonchev–Trinajstić information content (AvgIpc) is 2.33. The Kier molecular flexibility index (Phi) is 4.48. The number of rotatable bonds is 2. The van der Waals surface area contributed by atoms with Crippen LogP contribution in [0.4, 0.5) is 0 Å². The molecule has 100 valence electrons. The molecule has 0 amide bonds. The molecule has 0 aliphatic rings. The molecule has 2 nitrogen and oxygen atoms in total. The van der Waals surface area contributed by atoms with E-state index in [1.807, 2.05) is 38.1 Å². The summed E-state index contributed by atoms with van der Waals surface area (Å²) in [6.45, 7) is 3.73. The minimum absolute atomic E-state index is 0.271. The highest BCUT2D eigenvalue weighted by atomic mass is 79.9. The monoisotopic (exact) mass is 402 g/mol. The molecule has 0 fully saturated rings. The molecule has 0 bridgehead atoms. The lowest BCUT2D eigenvalue weighted by molar-refractivity contribution is 0.467. The maximum absolute atomic E-state index is 9.72. The molecule has 2 N–H and O–H groups in total. The van der Waals surface area contributed by atoms with E-state index < -0.39 is 0 Å². The summed E-state index contributed by atoms with van der Waals surface area (Å²) in [6, 6.07) is 7.62. The Morgan fingerprint density at radius 2 is 1.16 bits per heavy atom. The zero-order chi connectivity index (χ0) is 14.2. The van der Waals surface area contributed by atoms with Crippen LogP contribution in [-0.2, 0) is 0 Å². The van der Waals surface area contributed by atoms with Gasteiger partial charge in [0.15, 0.2) is 0 Å². The second-order valence-corrected chi connectivity index (χ2v) is 7.10. The van der Waals surface area contributed by atoms with E-state index in [0.717, 1.165) is 20.9 Å². The van der Waals surface area contributed by atoms with Gasteiger partial charge < -0.3 is 10.2 Å². The summed E-state index contributed by atoms with van der Waals surface area (Å²) in [6.07, 6.45) is 0. The van der Waals surface area contributed by atoms with E-state index in [1.54, 1.807) is 11.8 Å². The topological polar surface area (TPSA) is 40.5 Å². The highest BCUT2D eigenvalue weighted by Gasteiger charge is 2.09. The van der Waals surface area contributed by atoms with Crippen molar-refractivity contribution >= 4 is 43.6 Å². The molecule has 0 unspecified atom stereocenters. The summed E-state index contributed by atoms with van der Waals surface area (Å²) in [5.41, 5.74) is 1.65. The summed E-state index contributed by atoms with van der Waals surface area (Å²) >= 11 is 8.26. The van der Waals surface area contributed by atoms with E-state index >= 15 is 0 Å². The number of hydrogen-bond acceptors (Lipinski definition) is 3. The maximum Gasteiger partial charge on any atom is 0.132 e. The third-order valence-corrected chi connectivity index (χ3v) is 4.84. The van der Waals surface area contributed by atoms with Gasteiger partial charge in [-0.15, -0.1) is 0 Å². The molecular formula is C14H12Br2O2S. The molecule has 0 atom stereocenters. The van der Waals surface area contributed by atoms with Crippen molar-refractivity contribution < 1.29 is 10.2 Å². The van der Waals surface area contributed by atoms with Crippen molar-refractivity contribution in [2.24, 2.45) is 0 Å². The van der Waals surface area contributed by atoms with Crippen LogP contribution in [0, 0.1) is 13.8 Å². The number of aryl methyl sites for hydroxylation is 2. The molecule has 19 heavy (non-hydrogen) atoms. The Morgan fingerprint density at radius 3 is 1.47 bits per heavy atom. The van der Waals surface area contributed by atoms with Crippen LogP contribution in [0.25, 0.3) is 0 Å². The van der Waals surface area contributed by atoms with Gasteiger partial charge in [-0.2, -0.15) is 0 Å². The van der Waals surface area contributed by atoms with Crippen molar-refractivity contribution in [3.8, 4) is 11.5 Å². The van der Waals surface area contributed by atoms with Gasteiger partial charge in [-0.05, 0) is 81.1 Å². The van der Waals surface area contributed by atoms with E-state index in [-0.39, 0.29) is 11.5 Å². The summed E-state index contributed by atoms with van der Waals surface area (Å²) in [5.74, 6) is 0.542. The smallest absolute Gasteiger partial charge is 0.132 e. The standard InChI is InChI=1S/C14H12Br2O2S/c1-7-3-9(5-11(15)13(7)17)19-10-4-8(2)14(18)12(16)6-10/h3-6,17-18H,1-2H3. The fourth-order valence-corrected chi connectivity index (χ4v) is 4.18. The lowest BCUT2D eigenvalue weighted by Gasteiger charge is -2.09. The first-order chi connectivity index (χ1) is 8.88. The van der Waals surface area contributed by atoms with Crippen LogP contribution in [0.5, 0.6) is 11.5 Å². The van der Waals surface area contributed by atoms with Crippen molar-refractivity contribution in [2.75, 3.05) is 0 Å². The Morgan fingerprint density at radius 1 is 0.789 bits per heavy atom. The molecule has 5 heteroatoms. The molecule has 0 aromatic heterocycles. The van der Waals surface area contributed by atoms with Crippen LogP contribution in [0.1, 0.15) is 11.1 Å². The number of phenolic OH excluding ortho intramolecular Hbond substituents is 2. The SMILES string of the molecule is Cc1cc(Sc2cc(C)c(O)c(Br)c2)cc(Br)c1O. The van der Waals surface area contributed by atoms with Gasteiger partial charge in [0.25, 0.3) is 0 Å². The second-order valence-electron chi connectivity index (χ2n) is 4.24. The molecule has 0 aliphatic heterocycles. The minimum Gasteiger partial charge on any atom is -0.506 e. The fourth-order valence-electron chi connectivity index (χ4n) is 1.66. The van der Waals surface area contributed by atoms with E-state index in [2.05, 4.69) is 31.9 Å². The third-order valence-electron chi connectivity index (χ3n) is 2.69. The summed E-state index contributed by atoms with van der Waals surface area (Å²) < 4.78 is 1.37. The molecule has 2 rings (SSSR count). The van der Waals surface area contributed by atoms with E-state index in [1.165, 1.54) is 0 Å². The van der Waals surface area contributed by atoms with Crippen LogP contribution in [-0.4, -0.2) is 10.2 Å². The van der Waals surface area contributed by atoms with Crippen molar-refractivity contribution in [1.82, 2.24) is 0 Å². The van der Waals surface area contributed by atoms with Crippen LogP contribution in [0.2, 0.25) is 0 Å². The zero-order valence-corrected chi connectivity index (χ0v) is 14.4. The first kappa shape index (κ1) is 14.8. The number of phenols is 2. The molecule has 0 spiro atoms. The highest BCUT2D eigenvalue weighted by Crippen LogP contribution is 2.39. The largest absolute Gasteiger partial charge is 0.506 e. The molecule has 2 aromatic rings. The molecule has 0 saturated heterocycles. The molecule has 0 saturated carbocycles. The number of aromatic hydroxyl groups is 2. The van der Waals surface area contributed by atoms with Gasteiger partial charge in [0.1, 0.15) is 11.5 Å². The van der Waals surface area contributed by atoms with Gasteiger partial charge in [0, 0.05) is 9.79 Å². The van der Waals surface area contributed by atoms with E-state index in [4.69, 9.17) is 0 Å². The summed E-state index contributed by atoms with van der Waals surface area (Å²) in [4.78, 5) is 2.05. The molecule has 2 aromatic carbocycles. The lowest BCUT2D eigenvalue weighted by atomic mass is 10.2. The van der Waals surface area contributed by atoms with Crippen molar-refractivity contribution in [1.29, 1.82) is 0 Å². The number of halogens is 2. The molecule has 0 radical (unpaired) electrons. The van der Waals surface area contributed by atoms with Gasteiger partial charge in [0.05, 0.1) is 8.95 Å². The van der Waals surface area contributed by atoms with Gasteiger partial charge >= 0.3 is 0 Å². The quantitative estimate of drug-likeness (QED) is 0.705. The first-order valence-corrected chi connectivity index (χ1v) is 7.95. The van der Waals surface area contributed by atoms with Crippen LogP contribution >= 0.6 is 43.6 Å². The minimum atomic E-state index is 0.271. The normalized spacial score (nSPS) is 10.7. The van der Waals surface area contributed by atoms with Gasteiger partial charge in [0.2, 0.25) is 0 Å². The number of hydrogen-bond donors (Lipinski definition) is 2.